The van der Waals surface area contributed by atoms with E-state index in [0.29, 0.717) is 5.82 Å². The predicted molar refractivity (Wildman–Crippen MR) is 80.5 cm³/mol. The Morgan fingerprint density at radius 2 is 2.08 bits per heavy atom. The zero-order chi connectivity index (χ0) is 17.7. The molecule has 0 unspecified atom stereocenters. The molecule has 0 atom stereocenters. The lowest BCUT2D eigenvalue weighted by Gasteiger charge is -2.12. The fraction of sp³-hybridized carbons (Fsp3) is 0.357. The number of hydrogen-bond donors (Lipinski definition) is 3. The molecule has 3 N–H and O–H groups in total. The highest BCUT2D eigenvalue weighted by molar-refractivity contribution is 5.90. The molecule has 0 spiro atoms. The van der Waals surface area contributed by atoms with Crippen LogP contribution in [0.3, 0.4) is 0 Å². The summed E-state index contributed by atoms with van der Waals surface area (Å²) in [6, 6.07) is 2.51. The summed E-state index contributed by atoms with van der Waals surface area (Å²) in [6.07, 6.45) is -4.57. The summed E-state index contributed by atoms with van der Waals surface area (Å²) in [5, 5.41) is 11.2. The summed E-state index contributed by atoms with van der Waals surface area (Å²) >= 11 is 0. The van der Waals surface area contributed by atoms with Crippen LogP contribution in [0.2, 0.25) is 0 Å². The number of urea groups is 1. The minimum absolute atomic E-state index is 0.0165. The Labute approximate surface area is 135 Å². The molecular formula is C14H16F3N5O2. The maximum absolute atomic E-state index is 13.1. The van der Waals surface area contributed by atoms with Gasteiger partial charge < -0.3 is 15.4 Å². The number of H-pyrrole nitrogens is 1. The number of benzene rings is 1. The second kappa shape index (κ2) is 7.30. The molecule has 10 heteroatoms. The normalized spacial score (nSPS) is 11.4. The van der Waals surface area contributed by atoms with Crippen LogP contribution in [0.4, 0.5) is 23.7 Å². The molecule has 2 aromatic rings. The molecule has 1 aromatic heterocycles. The number of nitrogens with zero attached hydrogens (tertiary/aromatic N) is 2. The number of rotatable bonds is 5. The number of halogens is 3. The van der Waals surface area contributed by atoms with E-state index in [1.165, 1.54) is 13.2 Å². The number of nitrogens with one attached hydrogen (secondary N) is 3. The molecule has 0 aliphatic heterocycles. The first-order valence-corrected chi connectivity index (χ1v) is 6.95. The van der Waals surface area contributed by atoms with Gasteiger partial charge in [0.25, 0.3) is 0 Å². The molecule has 2 amide bonds. The van der Waals surface area contributed by atoms with Gasteiger partial charge in [0.15, 0.2) is 5.82 Å². The van der Waals surface area contributed by atoms with Gasteiger partial charge in [-0.3, -0.25) is 5.10 Å². The highest BCUT2D eigenvalue weighted by Gasteiger charge is 2.31. The molecule has 130 valence electrons. The number of ether oxygens (including phenoxy) is 1. The number of aromatic nitrogens is 3. The Balaban J connectivity index is 2.28. The lowest BCUT2D eigenvalue weighted by molar-refractivity contribution is -0.137. The first-order valence-electron chi connectivity index (χ1n) is 6.95. The third-order valence-electron chi connectivity index (χ3n) is 2.97. The van der Waals surface area contributed by atoms with Gasteiger partial charge in [-0.1, -0.05) is 0 Å². The molecule has 24 heavy (non-hydrogen) atoms. The van der Waals surface area contributed by atoms with Crippen LogP contribution >= 0.6 is 0 Å². The summed E-state index contributed by atoms with van der Waals surface area (Å²) < 4.78 is 44.0. The summed E-state index contributed by atoms with van der Waals surface area (Å²) in [5.74, 6) is 0.579. The van der Waals surface area contributed by atoms with Gasteiger partial charge in [0, 0.05) is 24.9 Å². The van der Waals surface area contributed by atoms with E-state index in [-0.39, 0.29) is 30.2 Å². The van der Waals surface area contributed by atoms with Crippen LogP contribution < -0.4 is 10.6 Å². The molecule has 0 saturated heterocycles. The first-order chi connectivity index (χ1) is 11.3. The molecule has 1 heterocycles. The molecular weight excluding hydrogens is 327 g/mol. The van der Waals surface area contributed by atoms with E-state index in [9.17, 15) is 18.0 Å². The summed E-state index contributed by atoms with van der Waals surface area (Å²) in [6.45, 7) is 2.15. The van der Waals surface area contributed by atoms with Crippen molar-refractivity contribution < 1.29 is 22.7 Å². The van der Waals surface area contributed by atoms with Gasteiger partial charge in [-0.2, -0.15) is 18.3 Å². The van der Waals surface area contributed by atoms with Crippen molar-refractivity contribution in [2.24, 2.45) is 0 Å². The molecule has 0 aliphatic rings. The molecule has 0 radical (unpaired) electrons. The maximum Gasteiger partial charge on any atom is 0.416 e. The second-order valence-corrected chi connectivity index (χ2v) is 4.91. The number of carbonyl (C=O) groups is 1. The van der Waals surface area contributed by atoms with Crippen LogP contribution in [0.15, 0.2) is 18.2 Å². The predicted octanol–water partition coefficient (Wildman–Crippen LogP) is 2.57. The van der Waals surface area contributed by atoms with Crippen molar-refractivity contribution >= 4 is 11.7 Å². The van der Waals surface area contributed by atoms with E-state index in [1.807, 2.05) is 0 Å². The number of aryl methyl sites for hydroxylation is 1. The van der Waals surface area contributed by atoms with Crippen LogP contribution in [0, 0.1) is 6.92 Å². The number of hydrogen-bond acceptors (Lipinski definition) is 4. The van der Waals surface area contributed by atoms with Gasteiger partial charge in [-0.25, -0.2) is 9.78 Å². The van der Waals surface area contributed by atoms with Gasteiger partial charge in [0.2, 0.25) is 0 Å². The Morgan fingerprint density at radius 3 is 2.67 bits per heavy atom. The molecule has 0 aliphatic carbocycles. The van der Waals surface area contributed by atoms with Crippen molar-refractivity contribution in [3.8, 4) is 11.4 Å². The van der Waals surface area contributed by atoms with E-state index in [1.54, 1.807) is 6.92 Å². The standard InChI is InChI=1S/C14H16F3N5O2/c1-8-19-12(22-21-8)9-5-10(14(15,16)17)7-11(6-9)20-13(23)18-3-4-24-2/h5-7H,3-4H2,1-2H3,(H2,18,20,23)(H,19,21,22). The Hall–Kier alpha value is -2.62. The minimum Gasteiger partial charge on any atom is -0.383 e. The van der Waals surface area contributed by atoms with E-state index in [2.05, 4.69) is 25.8 Å². The molecule has 7 nitrogen and oxygen atoms in total. The summed E-state index contributed by atoms with van der Waals surface area (Å²) in [7, 11) is 1.47. The molecule has 0 saturated carbocycles. The fourth-order valence-electron chi connectivity index (χ4n) is 1.91. The number of carbonyl (C=O) groups excluding carboxylic acids is 1. The number of alkyl halides is 3. The number of aromatic amines is 1. The van der Waals surface area contributed by atoms with Crippen LogP contribution in [0.5, 0.6) is 0 Å². The van der Waals surface area contributed by atoms with Crippen molar-refractivity contribution in [1.82, 2.24) is 20.5 Å². The Bertz CT molecular complexity index is 715. The highest BCUT2D eigenvalue weighted by atomic mass is 19.4. The third-order valence-corrected chi connectivity index (χ3v) is 2.97. The summed E-state index contributed by atoms with van der Waals surface area (Å²) in [4.78, 5) is 15.7. The first kappa shape index (κ1) is 17.7. The molecule has 2 rings (SSSR count). The van der Waals surface area contributed by atoms with E-state index in [4.69, 9.17) is 4.74 Å². The monoisotopic (exact) mass is 343 g/mol. The Kier molecular flexibility index (Phi) is 5.39. The van der Waals surface area contributed by atoms with Crippen LogP contribution in [-0.4, -0.2) is 41.5 Å². The quantitative estimate of drug-likeness (QED) is 0.728. The van der Waals surface area contributed by atoms with Gasteiger partial charge in [0.05, 0.1) is 12.2 Å². The van der Waals surface area contributed by atoms with Crippen molar-refractivity contribution in [3.63, 3.8) is 0 Å². The maximum atomic E-state index is 13.1. The van der Waals surface area contributed by atoms with Crippen molar-refractivity contribution in [2.45, 2.75) is 13.1 Å². The van der Waals surface area contributed by atoms with Crippen LogP contribution in [0.25, 0.3) is 11.4 Å². The zero-order valence-corrected chi connectivity index (χ0v) is 13.0. The van der Waals surface area contributed by atoms with Crippen molar-refractivity contribution in [3.05, 3.63) is 29.6 Å². The number of anilines is 1. The fourth-order valence-corrected chi connectivity index (χ4v) is 1.91. The number of methoxy groups -OCH3 is 1. The minimum atomic E-state index is -4.57. The average molecular weight is 343 g/mol. The smallest absolute Gasteiger partial charge is 0.383 e. The van der Waals surface area contributed by atoms with E-state index >= 15 is 0 Å². The van der Waals surface area contributed by atoms with Crippen LogP contribution in [0.1, 0.15) is 11.4 Å². The molecule has 0 bridgehead atoms. The topological polar surface area (TPSA) is 91.9 Å². The SMILES string of the molecule is COCCNC(=O)Nc1cc(-c2n[nH]c(C)n2)cc(C(F)(F)F)c1. The molecule has 1 aromatic carbocycles. The summed E-state index contributed by atoms with van der Waals surface area (Å²) in [5.41, 5.74) is -0.784. The lowest BCUT2D eigenvalue weighted by Crippen LogP contribution is -2.31. The lowest BCUT2D eigenvalue weighted by atomic mass is 10.1. The van der Waals surface area contributed by atoms with Crippen molar-refractivity contribution in [2.75, 3.05) is 25.6 Å². The second-order valence-electron chi connectivity index (χ2n) is 4.91. The zero-order valence-electron chi connectivity index (χ0n) is 13.0. The van der Waals surface area contributed by atoms with Crippen LogP contribution in [-0.2, 0) is 10.9 Å². The third kappa shape index (κ3) is 4.69. The van der Waals surface area contributed by atoms with Gasteiger partial charge in [0.1, 0.15) is 5.82 Å². The number of amides is 2. The van der Waals surface area contributed by atoms with E-state index in [0.717, 1.165) is 12.1 Å². The Morgan fingerprint density at radius 1 is 1.33 bits per heavy atom. The van der Waals surface area contributed by atoms with Crippen molar-refractivity contribution in [1.29, 1.82) is 0 Å². The average Bonchev–Trinajstić information content (AvgIpc) is 2.93. The highest BCUT2D eigenvalue weighted by Crippen LogP contribution is 2.34. The molecule has 0 fully saturated rings. The largest absolute Gasteiger partial charge is 0.416 e. The van der Waals surface area contributed by atoms with Gasteiger partial charge in [-0.05, 0) is 25.1 Å². The van der Waals surface area contributed by atoms with Gasteiger partial charge in [-0.15, -0.1) is 0 Å². The van der Waals surface area contributed by atoms with Gasteiger partial charge >= 0.3 is 12.2 Å². The van der Waals surface area contributed by atoms with E-state index < -0.39 is 17.8 Å².